The third kappa shape index (κ3) is 4.55. The monoisotopic (exact) mass is 540 g/mol. The van der Waals surface area contributed by atoms with Gasteiger partial charge in [-0.25, -0.2) is 9.37 Å². The summed E-state index contributed by atoms with van der Waals surface area (Å²) < 4.78 is 21.7. The Labute approximate surface area is 227 Å². The number of hydrogen-bond acceptors (Lipinski definition) is 7. The molecular formula is C28H25FN8O3. The molecule has 1 aliphatic heterocycles. The van der Waals surface area contributed by atoms with E-state index in [-0.39, 0.29) is 23.7 Å². The van der Waals surface area contributed by atoms with Crippen LogP contribution in [0.4, 0.5) is 33.0 Å². The Hall–Kier alpha value is -5.39. The third-order valence-corrected chi connectivity index (χ3v) is 6.82. The highest BCUT2D eigenvalue weighted by Gasteiger charge is 2.27. The van der Waals surface area contributed by atoms with Crippen LogP contribution in [0.25, 0.3) is 10.9 Å². The molecule has 40 heavy (non-hydrogen) atoms. The van der Waals surface area contributed by atoms with Crippen LogP contribution in [0.2, 0.25) is 0 Å². The predicted molar refractivity (Wildman–Crippen MR) is 149 cm³/mol. The summed E-state index contributed by atoms with van der Waals surface area (Å²) in [5, 5.41) is 7.18. The highest BCUT2D eigenvalue weighted by atomic mass is 19.1. The number of ether oxygens (including phenoxy) is 1. The molecule has 5 aromatic rings. The van der Waals surface area contributed by atoms with Crippen molar-refractivity contribution in [3.63, 3.8) is 0 Å². The number of fused-ring (bicyclic) bond motifs is 2. The van der Waals surface area contributed by atoms with Gasteiger partial charge in [0.1, 0.15) is 23.9 Å². The number of imidazole rings is 1. The standard InChI is InChI=1S/C28H25FN8O3/c1-40-24-9-16-5-7-37(26(38)14-36-8-6-31-15-36)23(16)11-20(24)34-25-10-17-21(12-32-13-22(17)35-25)33-19-4-2-3-18(29)27(19)28(30)39/h2-4,6,8-13,15,33-35H,5,7,14H2,1H3,(H2,30,39). The van der Waals surface area contributed by atoms with Gasteiger partial charge in [0.2, 0.25) is 5.91 Å². The molecule has 202 valence electrons. The van der Waals surface area contributed by atoms with Gasteiger partial charge in [0.25, 0.3) is 5.91 Å². The molecule has 0 fully saturated rings. The van der Waals surface area contributed by atoms with Gasteiger partial charge in [-0.1, -0.05) is 6.07 Å². The SMILES string of the molecule is COc1cc2c(cc1Nc1cc3c(Nc4cccc(F)c4C(N)=O)cncc3[nH]1)N(C(=O)Cn1ccnc1)CC2. The summed E-state index contributed by atoms with van der Waals surface area (Å²) in [4.78, 5) is 38.2. The molecule has 0 saturated carbocycles. The van der Waals surface area contributed by atoms with E-state index in [0.29, 0.717) is 35.0 Å². The summed E-state index contributed by atoms with van der Waals surface area (Å²) in [5.74, 6) is -0.363. The number of nitrogens with two attached hydrogens (primary N) is 1. The van der Waals surface area contributed by atoms with Gasteiger partial charge in [-0.3, -0.25) is 14.6 Å². The third-order valence-electron chi connectivity index (χ3n) is 6.82. The smallest absolute Gasteiger partial charge is 0.253 e. The highest BCUT2D eigenvalue weighted by Crippen LogP contribution is 2.39. The van der Waals surface area contributed by atoms with Gasteiger partial charge in [-0.2, -0.15) is 0 Å². The van der Waals surface area contributed by atoms with Gasteiger partial charge in [-0.15, -0.1) is 0 Å². The van der Waals surface area contributed by atoms with Crippen molar-refractivity contribution in [1.82, 2.24) is 19.5 Å². The van der Waals surface area contributed by atoms with Crippen molar-refractivity contribution in [2.75, 3.05) is 29.2 Å². The van der Waals surface area contributed by atoms with Gasteiger partial charge >= 0.3 is 0 Å². The molecule has 0 spiro atoms. The number of anilines is 5. The van der Waals surface area contributed by atoms with Gasteiger partial charge in [-0.05, 0) is 42.3 Å². The fourth-order valence-corrected chi connectivity index (χ4v) is 4.95. The van der Waals surface area contributed by atoms with E-state index in [1.165, 1.54) is 12.1 Å². The number of hydrogen-bond donors (Lipinski definition) is 4. The zero-order valence-corrected chi connectivity index (χ0v) is 21.4. The predicted octanol–water partition coefficient (Wildman–Crippen LogP) is 4.08. The minimum absolute atomic E-state index is 0.0343. The molecule has 12 heteroatoms. The molecule has 0 bridgehead atoms. The number of nitrogens with one attached hydrogen (secondary N) is 3. The van der Waals surface area contributed by atoms with Crippen LogP contribution >= 0.6 is 0 Å². The lowest BCUT2D eigenvalue weighted by Gasteiger charge is -2.19. The van der Waals surface area contributed by atoms with E-state index in [0.717, 1.165) is 23.1 Å². The molecule has 11 nitrogen and oxygen atoms in total. The summed E-state index contributed by atoms with van der Waals surface area (Å²) in [5.41, 5.74) is 9.16. The minimum atomic E-state index is -0.876. The Morgan fingerprint density at radius 1 is 1.12 bits per heavy atom. The van der Waals surface area contributed by atoms with Crippen molar-refractivity contribution in [3.8, 4) is 5.75 Å². The lowest BCUT2D eigenvalue weighted by atomic mass is 10.1. The molecule has 4 heterocycles. The molecule has 0 saturated heterocycles. The number of H-pyrrole nitrogens is 1. The number of carbonyl (C=O) groups is 2. The van der Waals surface area contributed by atoms with E-state index in [2.05, 4.69) is 25.6 Å². The lowest BCUT2D eigenvalue weighted by molar-refractivity contribution is -0.119. The number of halogens is 1. The van der Waals surface area contributed by atoms with E-state index in [9.17, 15) is 14.0 Å². The van der Waals surface area contributed by atoms with Gasteiger partial charge < -0.3 is 35.6 Å². The first-order chi connectivity index (χ1) is 19.4. The summed E-state index contributed by atoms with van der Waals surface area (Å²) in [6, 6.07) is 9.95. The van der Waals surface area contributed by atoms with Crippen molar-refractivity contribution in [2.45, 2.75) is 13.0 Å². The minimum Gasteiger partial charge on any atom is -0.495 e. The number of aromatic amines is 1. The zero-order valence-electron chi connectivity index (χ0n) is 21.4. The second-order valence-electron chi connectivity index (χ2n) is 9.32. The van der Waals surface area contributed by atoms with Crippen molar-refractivity contribution < 1.29 is 18.7 Å². The second kappa shape index (κ2) is 10.1. The number of rotatable bonds is 8. The maximum absolute atomic E-state index is 14.3. The van der Waals surface area contributed by atoms with Crippen LogP contribution in [0.5, 0.6) is 5.75 Å². The molecule has 3 aromatic heterocycles. The molecule has 0 unspecified atom stereocenters. The number of aromatic nitrogens is 4. The van der Waals surface area contributed by atoms with E-state index in [4.69, 9.17) is 10.5 Å². The van der Waals surface area contributed by atoms with Gasteiger partial charge in [0, 0.05) is 30.0 Å². The number of pyridine rings is 1. The maximum atomic E-state index is 14.3. The number of nitrogens with zero attached hydrogens (tertiary/aromatic N) is 4. The normalized spacial score (nSPS) is 12.4. The molecule has 1 aliphatic rings. The average Bonchev–Trinajstić information content (AvgIpc) is 3.68. The number of benzene rings is 2. The quantitative estimate of drug-likeness (QED) is 0.232. The van der Waals surface area contributed by atoms with Gasteiger partial charge in [0.05, 0.1) is 54.0 Å². The Morgan fingerprint density at radius 2 is 2.00 bits per heavy atom. The Morgan fingerprint density at radius 3 is 2.77 bits per heavy atom. The van der Waals surface area contributed by atoms with E-state index >= 15 is 0 Å². The van der Waals surface area contributed by atoms with E-state index in [1.54, 1.807) is 53.8 Å². The summed E-state index contributed by atoms with van der Waals surface area (Å²) in [6.45, 7) is 0.776. The fraction of sp³-hybridized carbons (Fsp3) is 0.143. The lowest BCUT2D eigenvalue weighted by Crippen LogP contribution is -2.32. The molecule has 2 aromatic carbocycles. The largest absolute Gasteiger partial charge is 0.495 e. The summed E-state index contributed by atoms with van der Waals surface area (Å²) in [6.07, 6.45) is 8.98. The summed E-state index contributed by atoms with van der Waals surface area (Å²) in [7, 11) is 1.59. The van der Waals surface area contributed by atoms with Crippen LogP contribution in [0.3, 0.4) is 0 Å². The van der Waals surface area contributed by atoms with Crippen LogP contribution in [0.15, 0.2) is 67.5 Å². The number of carbonyl (C=O) groups excluding carboxylic acids is 2. The van der Waals surface area contributed by atoms with Crippen molar-refractivity contribution >= 4 is 51.3 Å². The molecule has 0 atom stereocenters. The molecule has 5 N–H and O–H groups in total. The van der Waals surface area contributed by atoms with Crippen molar-refractivity contribution in [3.05, 3.63) is 84.5 Å². The Bertz CT molecular complexity index is 1750. The second-order valence-corrected chi connectivity index (χ2v) is 9.32. The van der Waals surface area contributed by atoms with Crippen LogP contribution in [0.1, 0.15) is 15.9 Å². The topological polar surface area (TPSA) is 143 Å². The first-order valence-electron chi connectivity index (χ1n) is 12.5. The Balaban J connectivity index is 1.30. The molecule has 6 rings (SSSR count). The van der Waals surface area contributed by atoms with Crippen molar-refractivity contribution in [1.29, 1.82) is 0 Å². The first kappa shape index (κ1) is 24.9. The zero-order chi connectivity index (χ0) is 27.8. The molecule has 0 aliphatic carbocycles. The number of methoxy groups -OCH3 is 1. The first-order valence-corrected chi connectivity index (χ1v) is 12.5. The Kier molecular flexibility index (Phi) is 6.27. The number of amides is 2. The van der Waals surface area contributed by atoms with E-state index in [1.807, 2.05) is 18.2 Å². The average molecular weight is 541 g/mol. The van der Waals surface area contributed by atoms with Crippen LogP contribution in [-0.2, 0) is 17.8 Å². The maximum Gasteiger partial charge on any atom is 0.253 e. The fourth-order valence-electron chi connectivity index (χ4n) is 4.95. The number of primary amides is 1. The highest BCUT2D eigenvalue weighted by molar-refractivity contribution is 6.02. The van der Waals surface area contributed by atoms with Crippen LogP contribution in [0, 0.1) is 5.82 Å². The van der Waals surface area contributed by atoms with Crippen molar-refractivity contribution in [2.24, 2.45) is 5.73 Å². The molecule has 2 amide bonds. The summed E-state index contributed by atoms with van der Waals surface area (Å²) >= 11 is 0. The van der Waals surface area contributed by atoms with Gasteiger partial charge in [0.15, 0.2) is 0 Å². The van der Waals surface area contributed by atoms with E-state index < -0.39 is 11.7 Å². The molecular weight excluding hydrogens is 515 g/mol. The van der Waals surface area contributed by atoms with Crippen LogP contribution in [-0.4, -0.2) is 45.0 Å². The molecule has 0 radical (unpaired) electrons. The van der Waals surface area contributed by atoms with Crippen LogP contribution < -0.4 is 26.0 Å².